The van der Waals surface area contributed by atoms with E-state index in [1.165, 1.54) is 24.1 Å². The highest BCUT2D eigenvalue weighted by molar-refractivity contribution is 7.15. The zero-order valence-corrected chi connectivity index (χ0v) is 12.4. The summed E-state index contributed by atoms with van der Waals surface area (Å²) in [7, 11) is 0. The number of piperazine rings is 1. The first kappa shape index (κ1) is 12.8. The quantitative estimate of drug-likeness (QED) is 0.867. The Morgan fingerprint density at radius 1 is 1.24 bits per heavy atom. The Labute approximate surface area is 126 Å². The predicted molar refractivity (Wildman–Crippen MR) is 78.7 cm³/mol. The fourth-order valence-electron chi connectivity index (χ4n) is 2.51. The van der Waals surface area contributed by atoms with E-state index in [2.05, 4.69) is 15.1 Å². The van der Waals surface area contributed by atoms with Crippen LogP contribution in [0.25, 0.3) is 0 Å². The number of anilines is 1. The zero-order valence-electron chi connectivity index (χ0n) is 11.6. The Balaban J connectivity index is 1.38. The molecule has 0 unspecified atom stereocenters. The molecule has 3 heterocycles. The number of hydrogen-bond acceptors (Lipinski definition) is 6. The van der Waals surface area contributed by atoms with Crippen LogP contribution in [0.1, 0.15) is 34.3 Å². The van der Waals surface area contributed by atoms with Crippen LogP contribution in [0.3, 0.4) is 0 Å². The normalized spacial score (nSPS) is 19.0. The molecule has 2 aromatic rings. The van der Waals surface area contributed by atoms with Crippen molar-refractivity contribution < 1.29 is 9.21 Å². The second-order valence-electron chi connectivity index (χ2n) is 5.45. The Morgan fingerprint density at radius 3 is 2.71 bits per heavy atom. The maximum Gasteiger partial charge on any atom is 0.289 e. The highest BCUT2D eigenvalue weighted by Crippen LogP contribution is 2.42. The van der Waals surface area contributed by atoms with Gasteiger partial charge < -0.3 is 14.2 Å². The van der Waals surface area contributed by atoms with Crippen LogP contribution in [0.2, 0.25) is 0 Å². The van der Waals surface area contributed by atoms with Crippen LogP contribution in [0, 0.1) is 0 Å². The van der Waals surface area contributed by atoms with Gasteiger partial charge in [0, 0.05) is 32.1 Å². The third kappa shape index (κ3) is 2.53. The van der Waals surface area contributed by atoms with E-state index in [1.807, 2.05) is 4.90 Å². The Kier molecular flexibility index (Phi) is 3.14. The minimum Gasteiger partial charge on any atom is -0.459 e. The molecule has 0 radical (unpaired) electrons. The van der Waals surface area contributed by atoms with E-state index >= 15 is 0 Å². The minimum absolute atomic E-state index is 0.0319. The molecule has 0 aromatic carbocycles. The molecule has 0 spiro atoms. The molecule has 0 N–H and O–H groups in total. The van der Waals surface area contributed by atoms with Gasteiger partial charge >= 0.3 is 0 Å². The number of furan rings is 1. The number of carbonyl (C=O) groups excluding carboxylic acids is 1. The van der Waals surface area contributed by atoms with Gasteiger partial charge in [0.25, 0.3) is 5.91 Å². The van der Waals surface area contributed by atoms with Gasteiger partial charge in [-0.3, -0.25) is 4.79 Å². The Hall–Kier alpha value is -1.89. The second-order valence-corrected chi connectivity index (χ2v) is 6.44. The minimum atomic E-state index is -0.0319. The van der Waals surface area contributed by atoms with E-state index in [4.69, 9.17) is 4.42 Å². The summed E-state index contributed by atoms with van der Waals surface area (Å²) in [6.07, 6.45) is 4.03. The van der Waals surface area contributed by atoms with Crippen molar-refractivity contribution in [2.24, 2.45) is 0 Å². The van der Waals surface area contributed by atoms with Crippen molar-refractivity contribution in [2.45, 2.75) is 18.8 Å². The molecule has 2 aliphatic rings. The van der Waals surface area contributed by atoms with Gasteiger partial charge in [-0.15, -0.1) is 10.2 Å². The first-order valence-electron chi connectivity index (χ1n) is 7.22. The van der Waals surface area contributed by atoms with E-state index in [-0.39, 0.29) is 5.91 Å². The van der Waals surface area contributed by atoms with Crippen molar-refractivity contribution in [3.05, 3.63) is 29.2 Å². The predicted octanol–water partition coefficient (Wildman–Crippen LogP) is 1.97. The van der Waals surface area contributed by atoms with Crippen LogP contribution in [0.5, 0.6) is 0 Å². The van der Waals surface area contributed by atoms with E-state index < -0.39 is 0 Å². The largest absolute Gasteiger partial charge is 0.459 e. The van der Waals surface area contributed by atoms with Gasteiger partial charge in [0.15, 0.2) is 5.76 Å². The molecule has 7 heteroatoms. The lowest BCUT2D eigenvalue weighted by Crippen LogP contribution is -2.48. The third-order valence-electron chi connectivity index (χ3n) is 3.93. The van der Waals surface area contributed by atoms with Crippen molar-refractivity contribution in [3.8, 4) is 0 Å². The maximum atomic E-state index is 12.2. The van der Waals surface area contributed by atoms with Gasteiger partial charge in [0.1, 0.15) is 5.01 Å². The number of amides is 1. The summed E-state index contributed by atoms with van der Waals surface area (Å²) >= 11 is 1.70. The Morgan fingerprint density at radius 2 is 2.05 bits per heavy atom. The van der Waals surface area contributed by atoms with Gasteiger partial charge in [0.2, 0.25) is 5.13 Å². The monoisotopic (exact) mass is 304 g/mol. The zero-order chi connectivity index (χ0) is 14.2. The number of rotatable bonds is 3. The molecule has 1 amide bonds. The smallest absolute Gasteiger partial charge is 0.289 e. The van der Waals surface area contributed by atoms with Gasteiger partial charge in [-0.1, -0.05) is 11.3 Å². The van der Waals surface area contributed by atoms with Crippen LogP contribution in [-0.2, 0) is 0 Å². The molecule has 2 fully saturated rings. The molecule has 0 bridgehead atoms. The topological polar surface area (TPSA) is 62.5 Å². The molecule has 1 aliphatic carbocycles. The van der Waals surface area contributed by atoms with Crippen molar-refractivity contribution >= 4 is 22.4 Å². The van der Waals surface area contributed by atoms with E-state index in [9.17, 15) is 4.79 Å². The van der Waals surface area contributed by atoms with Gasteiger partial charge in [-0.25, -0.2) is 0 Å². The number of carbonyl (C=O) groups is 1. The molecular formula is C14H16N4O2S. The molecule has 110 valence electrons. The van der Waals surface area contributed by atoms with Gasteiger partial charge in [-0.05, 0) is 25.0 Å². The molecule has 1 saturated heterocycles. The first-order valence-corrected chi connectivity index (χ1v) is 8.04. The lowest BCUT2D eigenvalue weighted by Gasteiger charge is -2.33. The van der Waals surface area contributed by atoms with Crippen molar-refractivity contribution in [3.63, 3.8) is 0 Å². The fourth-order valence-corrected chi connectivity index (χ4v) is 3.57. The van der Waals surface area contributed by atoms with Crippen molar-refractivity contribution in [1.82, 2.24) is 15.1 Å². The van der Waals surface area contributed by atoms with Crippen LogP contribution in [-0.4, -0.2) is 47.2 Å². The van der Waals surface area contributed by atoms with E-state index in [0.717, 1.165) is 18.2 Å². The van der Waals surface area contributed by atoms with Gasteiger partial charge in [-0.2, -0.15) is 0 Å². The van der Waals surface area contributed by atoms with Crippen molar-refractivity contribution in [1.29, 1.82) is 0 Å². The molecule has 1 aliphatic heterocycles. The summed E-state index contributed by atoms with van der Waals surface area (Å²) in [6.45, 7) is 2.98. The Bertz CT molecular complexity index is 627. The number of aromatic nitrogens is 2. The van der Waals surface area contributed by atoms with Gasteiger partial charge in [0.05, 0.1) is 6.26 Å². The summed E-state index contributed by atoms with van der Waals surface area (Å²) in [6, 6.07) is 3.45. The summed E-state index contributed by atoms with van der Waals surface area (Å²) < 4.78 is 5.17. The van der Waals surface area contributed by atoms with E-state index in [0.29, 0.717) is 24.8 Å². The van der Waals surface area contributed by atoms with E-state index in [1.54, 1.807) is 23.5 Å². The van der Waals surface area contributed by atoms with Crippen LogP contribution < -0.4 is 4.90 Å². The molecule has 4 rings (SSSR count). The summed E-state index contributed by atoms with van der Waals surface area (Å²) in [5.41, 5.74) is 0. The second kappa shape index (κ2) is 5.14. The lowest BCUT2D eigenvalue weighted by atomic mass is 10.3. The molecule has 0 atom stereocenters. The molecule has 6 nitrogen and oxygen atoms in total. The molecule has 1 saturated carbocycles. The SMILES string of the molecule is O=C(c1ccco1)N1CCN(c2nnc(C3CC3)s2)CC1. The molecule has 21 heavy (non-hydrogen) atoms. The highest BCUT2D eigenvalue weighted by atomic mass is 32.1. The summed E-state index contributed by atoms with van der Waals surface area (Å²) in [5.74, 6) is 1.03. The summed E-state index contributed by atoms with van der Waals surface area (Å²) in [4.78, 5) is 16.2. The lowest BCUT2D eigenvalue weighted by molar-refractivity contribution is 0.0714. The van der Waals surface area contributed by atoms with Crippen molar-refractivity contribution in [2.75, 3.05) is 31.1 Å². The fraction of sp³-hybridized carbons (Fsp3) is 0.500. The first-order chi connectivity index (χ1) is 10.3. The van der Waals surface area contributed by atoms with Crippen LogP contribution in [0.15, 0.2) is 22.8 Å². The average Bonchev–Trinajstić information content (AvgIpc) is 3.05. The average molecular weight is 304 g/mol. The number of hydrogen-bond donors (Lipinski definition) is 0. The molecule has 2 aromatic heterocycles. The third-order valence-corrected chi connectivity index (χ3v) is 5.07. The maximum absolute atomic E-state index is 12.2. The van der Waals surface area contributed by atoms with Crippen LogP contribution in [0.4, 0.5) is 5.13 Å². The standard InChI is InChI=1S/C14H16N4O2S/c19-13(11-2-1-9-20-11)17-5-7-18(8-6-17)14-16-15-12(21-14)10-3-4-10/h1-2,9-10H,3-8H2. The van der Waals surface area contributed by atoms with Crippen LogP contribution >= 0.6 is 11.3 Å². The highest BCUT2D eigenvalue weighted by Gasteiger charge is 2.30. The number of nitrogens with zero attached hydrogens (tertiary/aromatic N) is 4. The molecular weight excluding hydrogens is 288 g/mol. The summed E-state index contributed by atoms with van der Waals surface area (Å²) in [5, 5.41) is 10.7.